The van der Waals surface area contributed by atoms with E-state index in [1.807, 2.05) is 0 Å². The molecule has 1 saturated heterocycles. The average Bonchev–Trinajstić information content (AvgIpc) is 2.68. The lowest BCUT2D eigenvalue weighted by Gasteiger charge is -2.36. The fourth-order valence-corrected chi connectivity index (χ4v) is 4.09. The molecule has 1 N–H and O–H groups in total. The summed E-state index contributed by atoms with van der Waals surface area (Å²) in [6.07, 6.45) is -4.45. The number of alkyl halides is 3. The molecule has 3 rings (SSSR count). The maximum Gasteiger partial charge on any atom is 0.416 e. The van der Waals surface area contributed by atoms with Crippen LogP contribution in [0.25, 0.3) is 0 Å². The first-order valence-corrected chi connectivity index (χ1v) is 9.61. The number of nitrogens with one attached hydrogen (secondary N) is 1. The van der Waals surface area contributed by atoms with Crippen LogP contribution in [-0.2, 0) is 6.18 Å². The lowest BCUT2D eigenvalue weighted by Crippen LogP contribution is -2.43. The molecule has 1 atom stereocenters. The summed E-state index contributed by atoms with van der Waals surface area (Å²) in [5.41, 5.74) is -0.0423. The van der Waals surface area contributed by atoms with Gasteiger partial charge in [0.15, 0.2) is 0 Å². The third-order valence-electron chi connectivity index (χ3n) is 4.39. The van der Waals surface area contributed by atoms with Crippen LogP contribution in [0, 0.1) is 5.82 Å². The van der Waals surface area contributed by atoms with Gasteiger partial charge in [-0.25, -0.2) is 9.18 Å². The van der Waals surface area contributed by atoms with E-state index in [0.717, 1.165) is 18.2 Å². The Morgan fingerprint density at radius 3 is 2.75 bits per heavy atom. The molecule has 0 spiro atoms. The van der Waals surface area contributed by atoms with Crippen LogP contribution < -0.4 is 10.1 Å². The number of halogens is 4. The van der Waals surface area contributed by atoms with Crippen LogP contribution in [0.4, 0.5) is 28.0 Å². The van der Waals surface area contributed by atoms with E-state index in [4.69, 9.17) is 4.74 Å². The summed E-state index contributed by atoms with van der Waals surface area (Å²) in [6, 6.07) is 7.74. The van der Waals surface area contributed by atoms with Gasteiger partial charge in [0.25, 0.3) is 0 Å². The second kappa shape index (κ2) is 8.30. The van der Waals surface area contributed by atoms with Crippen molar-refractivity contribution in [2.75, 3.05) is 30.5 Å². The number of carbonyl (C=O) groups is 1. The summed E-state index contributed by atoms with van der Waals surface area (Å²) >= 11 is 1.57. The maximum absolute atomic E-state index is 13.3. The van der Waals surface area contributed by atoms with E-state index in [9.17, 15) is 22.4 Å². The molecule has 1 aliphatic heterocycles. The Morgan fingerprint density at radius 2 is 2.04 bits per heavy atom. The van der Waals surface area contributed by atoms with Gasteiger partial charge in [0.05, 0.1) is 24.4 Å². The predicted molar refractivity (Wildman–Crippen MR) is 100 cm³/mol. The summed E-state index contributed by atoms with van der Waals surface area (Å²) in [5, 5.41) is 2.67. The molecule has 2 aromatic carbocycles. The lowest BCUT2D eigenvalue weighted by molar-refractivity contribution is -0.137. The van der Waals surface area contributed by atoms with E-state index in [2.05, 4.69) is 5.32 Å². The van der Waals surface area contributed by atoms with E-state index in [1.165, 1.54) is 30.2 Å². The van der Waals surface area contributed by atoms with E-state index in [1.54, 1.807) is 17.8 Å². The van der Waals surface area contributed by atoms with Gasteiger partial charge in [-0.15, -0.1) is 0 Å². The summed E-state index contributed by atoms with van der Waals surface area (Å²) < 4.78 is 57.6. The van der Waals surface area contributed by atoms with Gasteiger partial charge in [0, 0.05) is 24.1 Å². The van der Waals surface area contributed by atoms with E-state index in [0.29, 0.717) is 23.6 Å². The number of rotatable bonds is 3. The normalized spacial score (nSPS) is 17.3. The van der Waals surface area contributed by atoms with Crippen molar-refractivity contribution in [2.45, 2.75) is 12.2 Å². The topological polar surface area (TPSA) is 41.6 Å². The number of thioether (sulfide) groups is 1. The second-order valence-electron chi connectivity index (χ2n) is 6.18. The highest BCUT2D eigenvalue weighted by atomic mass is 32.2. The van der Waals surface area contributed by atoms with Crippen LogP contribution in [0.1, 0.15) is 17.2 Å². The molecule has 9 heteroatoms. The molecule has 1 aliphatic rings. The minimum Gasteiger partial charge on any atom is -0.494 e. The van der Waals surface area contributed by atoms with Crippen LogP contribution in [-0.4, -0.2) is 36.1 Å². The zero-order valence-corrected chi connectivity index (χ0v) is 15.7. The van der Waals surface area contributed by atoms with Crippen molar-refractivity contribution in [3.05, 3.63) is 59.4 Å². The Kier molecular flexibility index (Phi) is 6.02. The van der Waals surface area contributed by atoms with Crippen molar-refractivity contribution in [1.29, 1.82) is 0 Å². The van der Waals surface area contributed by atoms with E-state index in [-0.39, 0.29) is 11.4 Å². The van der Waals surface area contributed by atoms with Gasteiger partial charge in [-0.2, -0.15) is 24.9 Å². The number of methoxy groups -OCH3 is 1. The number of nitrogens with zero attached hydrogens (tertiary/aromatic N) is 1. The zero-order valence-electron chi connectivity index (χ0n) is 14.9. The van der Waals surface area contributed by atoms with E-state index < -0.39 is 29.6 Å². The number of hydrogen-bond donors (Lipinski definition) is 1. The summed E-state index contributed by atoms with van der Waals surface area (Å²) in [5.74, 6) is 0.806. The molecule has 0 radical (unpaired) electrons. The van der Waals surface area contributed by atoms with Gasteiger partial charge < -0.3 is 15.0 Å². The van der Waals surface area contributed by atoms with E-state index >= 15 is 0 Å². The van der Waals surface area contributed by atoms with Crippen LogP contribution in [0.15, 0.2) is 42.5 Å². The number of urea groups is 1. The fraction of sp³-hybridized carbons (Fsp3) is 0.316. The number of carbonyl (C=O) groups excluding carboxylic acids is 1. The van der Waals surface area contributed by atoms with Gasteiger partial charge in [-0.1, -0.05) is 12.1 Å². The van der Waals surface area contributed by atoms with Crippen molar-refractivity contribution in [2.24, 2.45) is 0 Å². The first kappa shape index (κ1) is 20.3. The SMILES string of the molecule is COc1cc(F)ccc1NC(=O)N1CCSC[C@@H]1c1cccc(C(F)(F)F)c1. The van der Waals surface area contributed by atoms with Crippen LogP contribution in [0.2, 0.25) is 0 Å². The molecule has 0 unspecified atom stereocenters. The van der Waals surface area contributed by atoms with Crippen LogP contribution >= 0.6 is 11.8 Å². The molecule has 4 nitrogen and oxygen atoms in total. The summed E-state index contributed by atoms with van der Waals surface area (Å²) in [6.45, 7) is 0.376. The molecular formula is C19H18F4N2O2S. The Balaban J connectivity index is 1.85. The van der Waals surface area contributed by atoms with Crippen molar-refractivity contribution in [1.82, 2.24) is 4.90 Å². The number of ether oxygens (including phenoxy) is 1. The molecule has 150 valence electrons. The molecule has 0 bridgehead atoms. The van der Waals surface area contributed by atoms with Crippen LogP contribution in [0.3, 0.4) is 0 Å². The average molecular weight is 414 g/mol. The van der Waals surface area contributed by atoms with Gasteiger partial charge in [-0.3, -0.25) is 0 Å². The largest absolute Gasteiger partial charge is 0.494 e. The smallest absolute Gasteiger partial charge is 0.416 e. The molecule has 1 heterocycles. The molecule has 2 aromatic rings. The van der Waals surface area contributed by atoms with Crippen LogP contribution in [0.5, 0.6) is 5.75 Å². The van der Waals surface area contributed by atoms with Crippen molar-refractivity contribution >= 4 is 23.5 Å². The quantitative estimate of drug-likeness (QED) is 0.704. The number of anilines is 1. The Morgan fingerprint density at radius 1 is 1.25 bits per heavy atom. The highest BCUT2D eigenvalue weighted by Gasteiger charge is 2.33. The maximum atomic E-state index is 13.3. The standard InChI is InChI=1S/C19H18F4N2O2S/c1-27-17-10-14(20)5-6-15(17)24-18(26)25-7-8-28-11-16(25)12-3-2-4-13(9-12)19(21,22)23/h2-6,9-10,16H,7-8,11H2,1H3,(H,24,26)/t16-/m1/s1. The zero-order chi connectivity index (χ0) is 20.3. The minimum absolute atomic E-state index is 0.162. The molecule has 0 saturated carbocycles. The lowest BCUT2D eigenvalue weighted by atomic mass is 10.0. The predicted octanol–water partition coefficient (Wildman–Crippen LogP) is 5.18. The van der Waals surface area contributed by atoms with Gasteiger partial charge in [-0.05, 0) is 29.8 Å². The second-order valence-corrected chi connectivity index (χ2v) is 7.33. The number of benzene rings is 2. The number of hydrogen-bond acceptors (Lipinski definition) is 3. The summed E-state index contributed by atoms with van der Waals surface area (Å²) in [4.78, 5) is 14.3. The Hall–Kier alpha value is -2.42. The third kappa shape index (κ3) is 4.52. The van der Waals surface area contributed by atoms with Gasteiger partial charge in [0.1, 0.15) is 11.6 Å². The number of amides is 2. The van der Waals surface area contributed by atoms with Crippen molar-refractivity contribution in [3.63, 3.8) is 0 Å². The molecule has 1 fully saturated rings. The Labute approximate surface area is 163 Å². The Bertz CT molecular complexity index is 860. The first-order chi connectivity index (χ1) is 13.3. The highest BCUT2D eigenvalue weighted by molar-refractivity contribution is 7.99. The van der Waals surface area contributed by atoms with Crippen molar-refractivity contribution in [3.8, 4) is 5.75 Å². The molecule has 0 aromatic heterocycles. The first-order valence-electron chi connectivity index (χ1n) is 8.45. The third-order valence-corrected chi connectivity index (χ3v) is 5.42. The molecule has 28 heavy (non-hydrogen) atoms. The van der Waals surface area contributed by atoms with Gasteiger partial charge >= 0.3 is 12.2 Å². The molecular weight excluding hydrogens is 396 g/mol. The minimum atomic E-state index is -4.45. The van der Waals surface area contributed by atoms with Crippen molar-refractivity contribution < 1.29 is 27.1 Å². The molecule has 0 aliphatic carbocycles. The molecule has 2 amide bonds. The highest BCUT2D eigenvalue weighted by Crippen LogP contribution is 2.35. The monoisotopic (exact) mass is 414 g/mol. The summed E-state index contributed by atoms with van der Waals surface area (Å²) in [7, 11) is 1.35. The van der Waals surface area contributed by atoms with Gasteiger partial charge in [0.2, 0.25) is 0 Å². The fourth-order valence-electron chi connectivity index (χ4n) is 3.00.